The van der Waals surface area contributed by atoms with Gasteiger partial charge in [-0.05, 0) is 72.9 Å². The van der Waals surface area contributed by atoms with Crippen molar-refractivity contribution in [1.82, 2.24) is 25.1 Å². The van der Waals surface area contributed by atoms with E-state index in [1.165, 1.54) is 35.4 Å². The number of para-hydroxylation sites is 1. The van der Waals surface area contributed by atoms with Crippen molar-refractivity contribution >= 4 is 62.2 Å². The van der Waals surface area contributed by atoms with E-state index in [9.17, 15) is 31.5 Å². The van der Waals surface area contributed by atoms with Gasteiger partial charge in [-0.3, -0.25) is 14.6 Å². The summed E-state index contributed by atoms with van der Waals surface area (Å²) < 4.78 is 74.4. The van der Waals surface area contributed by atoms with Crippen molar-refractivity contribution in [2.75, 3.05) is 22.5 Å². The molecule has 0 bridgehead atoms. The van der Waals surface area contributed by atoms with Gasteiger partial charge in [0, 0.05) is 15.9 Å². The van der Waals surface area contributed by atoms with Crippen molar-refractivity contribution in [3.8, 4) is 0 Å². The van der Waals surface area contributed by atoms with E-state index in [2.05, 4.69) is 42.3 Å². The fourth-order valence-electron chi connectivity index (χ4n) is 6.25. The molecule has 0 spiro atoms. The molecule has 4 heterocycles. The molecule has 3 aliphatic heterocycles. The highest BCUT2D eigenvalue weighted by Gasteiger charge is 2.50. The van der Waals surface area contributed by atoms with Crippen molar-refractivity contribution in [3.63, 3.8) is 0 Å². The van der Waals surface area contributed by atoms with Gasteiger partial charge < -0.3 is 21.3 Å². The van der Waals surface area contributed by atoms with Crippen molar-refractivity contribution in [2.24, 2.45) is 0 Å². The van der Waals surface area contributed by atoms with Gasteiger partial charge in [-0.25, -0.2) is 31.6 Å². The molecule has 0 radical (unpaired) electrons. The second kappa shape index (κ2) is 12.7. The first kappa shape index (κ1) is 33.2. The molecule has 17 heteroatoms. The molecule has 2 amide bonds. The SMILES string of the molecule is O=C(Nc1ccccc1F)C1=C2NC(=C3CC3)C=C(C(F)F)N2N(C2C/C2=C2\C=C(C(F)F)n3ncc(C(=O)Nc4ccc(Br)cc4Cl)c3N2)C1. The Hall–Kier alpha value is -4.93. The van der Waals surface area contributed by atoms with Crippen LogP contribution in [0.5, 0.6) is 0 Å². The van der Waals surface area contributed by atoms with E-state index in [0.717, 1.165) is 29.3 Å². The standard InChI is InChI=1S/C34H25BrClF5N8O2/c35-16-7-8-22(20(36)9-16)45-33(50)18-13-42-48-27(29(38)39)12-25(44-31(18)48)17-10-26(17)47-14-19(34(51)46-23-4-2-1-3-21(23)37)32-43-24(15-5-6-15)11-28(30(40)41)49(32)47/h1-4,7-9,11-13,26,29-30,43-44H,5-6,10,14H2,(H,45,50)(H,46,51)/b25-17-. The van der Waals surface area contributed by atoms with Crippen LogP contribution >= 0.6 is 27.5 Å². The molecule has 4 N–H and O–H groups in total. The number of nitrogens with zero attached hydrogens (tertiary/aromatic N) is 4. The zero-order valence-corrected chi connectivity index (χ0v) is 28.4. The molecular weight excluding hydrogens is 763 g/mol. The molecule has 1 atom stereocenters. The monoisotopic (exact) mass is 786 g/mol. The number of benzene rings is 2. The second-order valence-electron chi connectivity index (χ2n) is 12.2. The lowest BCUT2D eigenvalue weighted by atomic mass is 10.2. The molecule has 2 fully saturated rings. The maximum absolute atomic E-state index is 14.7. The lowest BCUT2D eigenvalue weighted by Gasteiger charge is -2.37. The zero-order chi connectivity index (χ0) is 35.7. The molecule has 51 heavy (non-hydrogen) atoms. The van der Waals surface area contributed by atoms with Gasteiger partial charge in [0.2, 0.25) is 0 Å². The Kier molecular flexibility index (Phi) is 8.26. The fraction of sp³-hybridized carbons (Fsp3) is 0.206. The molecule has 3 aromatic rings. The predicted molar refractivity (Wildman–Crippen MR) is 183 cm³/mol. The molecular formula is C34H25BrClF5N8O2. The molecule has 262 valence electrons. The normalized spacial score (nSPS) is 20.9. The van der Waals surface area contributed by atoms with E-state index in [1.54, 1.807) is 29.3 Å². The lowest BCUT2D eigenvalue weighted by molar-refractivity contribution is -0.113. The van der Waals surface area contributed by atoms with E-state index in [0.29, 0.717) is 15.7 Å². The average Bonchev–Trinajstić information content (AvgIpc) is 4.02. The topological polar surface area (TPSA) is 107 Å². The number of hydrogen-bond donors (Lipinski definition) is 4. The van der Waals surface area contributed by atoms with Crippen LogP contribution in [-0.2, 0) is 4.79 Å². The van der Waals surface area contributed by atoms with Gasteiger partial charge >= 0.3 is 0 Å². The van der Waals surface area contributed by atoms with Gasteiger partial charge in [0.1, 0.15) is 34.4 Å². The largest absolute Gasteiger partial charge is 0.340 e. The van der Waals surface area contributed by atoms with E-state index < -0.39 is 42.2 Å². The van der Waals surface area contributed by atoms with Gasteiger partial charge in [-0.1, -0.05) is 39.7 Å². The Morgan fingerprint density at radius 3 is 2.37 bits per heavy atom. The number of hydrogen-bond acceptors (Lipinski definition) is 7. The minimum absolute atomic E-state index is 0.0228. The predicted octanol–water partition coefficient (Wildman–Crippen LogP) is 7.43. The first-order valence-corrected chi connectivity index (χ1v) is 16.8. The number of anilines is 3. The highest BCUT2D eigenvalue weighted by molar-refractivity contribution is 9.10. The van der Waals surface area contributed by atoms with Crippen LogP contribution in [0.2, 0.25) is 5.02 Å². The van der Waals surface area contributed by atoms with Crippen LogP contribution in [0.1, 0.15) is 29.6 Å². The highest BCUT2D eigenvalue weighted by Crippen LogP contribution is 2.47. The molecule has 5 aliphatic rings. The molecule has 10 nitrogen and oxygen atoms in total. The Morgan fingerprint density at radius 2 is 1.67 bits per heavy atom. The second-order valence-corrected chi connectivity index (χ2v) is 13.6. The van der Waals surface area contributed by atoms with Crippen LogP contribution in [0, 0.1) is 5.82 Å². The smallest absolute Gasteiger partial charge is 0.280 e. The molecule has 8 rings (SSSR count). The summed E-state index contributed by atoms with van der Waals surface area (Å²) in [5.74, 6) is -1.94. The number of aromatic nitrogens is 2. The van der Waals surface area contributed by atoms with Crippen molar-refractivity contribution < 1.29 is 31.5 Å². The molecule has 1 unspecified atom stereocenters. The van der Waals surface area contributed by atoms with Crippen LogP contribution in [0.3, 0.4) is 0 Å². The molecule has 2 saturated carbocycles. The molecule has 0 saturated heterocycles. The number of halogens is 7. The summed E-state index contributed by atoms with van der Waals surface area (Å²) in [6.45, 7) is -0.151. The summed E-state index contributed by atoms with van der Waals surface area (Å²) >= 11 is 9.57. The van der Waals surface area contributed by atoms with Crippen LogP contribution in [0.25, 0.3) is 5.70 Å². The third kappa shape index (κ3) is 6.10. The average molecular weight is 788 g/mol. The number of fused-ring (bicyclic) bond motifs is 2. The summed E-state index contributed by atoms with van der Waals surface area (Å²) in [5.41, 5.74) is 1.59. The number of alkyl halides is 4. The fourth-order valence-corrected chi connectivity index (χ4v) is 6.97. The maximum atomic E-state index is 14.7. The van der Waals surface area contributed by atoms with Crippen LogP contribution in [-0.4, -0.2) is 57.1 Å². The summed E-state index contributed by atoms with van der Waals surface area (Å²) in [4.78, 5) is 27.0. The minimum Gasteiger partial charge on any atom is -0.340 e. The van der Waals surface area contributed by atoms with E-state index in [4.69, 9.17) is 11.6 Å². The van der Waals surface area contributed by atoms with Crippen LogP contribution in [0.4, 0.5) is 39.1 Å². The van der Waals surface area contributed by atoms with Crippen LogP contribution in [0.15, 0.2) is 105 Å². The molecule has 2 aliphatic carbocycles. The number of allylic oxidation sites excluding steroid dienone is 5. The lowest BCUT2D eigenvalue weighted by Crippen LogP contribution is -2.45. The van der Waals surface area contributed by atoms with Gasteiger partial charge in [0.15, 0.2) is 0 Å². The van der Waals surface area contributed by atoms with Crippen LogP contribution < -0.4 is 21.3 Å². The maximum Gasteiger partial charge on any atom is 0.280 e. The number of hydrazine groups is 1. The number of carbonyl (C=O) groups excluding carboxylic acids is 2. The molecule has 2 aromatic carbocycles. The van der Waals surface area contributed by atoms with Crippen molar-refractivity contribution in [2.45, 2.75) is 38.2 Å². The first-order chi connectivity index (χ1) is 24.5. The number of amides is 2. The highest BCUT2D eigenvalue weighted by atomic mass is 79.9. The molecule has 1 aromatic heterocycles. The van der Waals surface area contributed by atoms with Gasteiger partial charge in [-0.15, -0.1) is 0 Å². The summed E-state index contributed by atoms with van der Waals surface area (Å²) in [6, 6.07) is 9.81. The third-order valence-corrected chi connectivity index (χ3v) is 9.74. The van der Waals surface area contributed by atoms with Gasteiger partial charge in [0.25, 0.3) is 24.7 Å². The number of nitrogens with one attached hydrogen (secondary N) is 4. The summed E-state index contributed by atoms with van der Waals surface area (Å²) in [7, 11) is 0. The van der Waals surface area contributed by atoms with Gasteiger partial charge in [-0.2, -0.15) is 5.10 Å². The number of carbonyl (C=O) groups is 2. The Balaban J connectivity index is 1.13. The third-order valence-electron chi connectivity index (χ3n) is 8.93. The summed E-state index contributed by atoms with van der Waals surface area (Å²) in [5, 5.41) is 18.5. The van der Waals surface area contributed by atoms with E-state index in [-0.39, 0.29) is 63.5 Å². The van der Waals surface area contributed by atoms with E-state index in [1.807, 2.05) is 0 Å². The Labute approximate surface area is 300 Å². The van der Waals surface area contributed by atoms with Crippen molar-refractivity contribution in [3.05, 3.63) is 121 Å². The first-order valence-electron chi connectivity index (χ1n) is 15.7. The summed E-state index contributed by atoms with van der Waals surface area (Å²) in [6.07, 6.45) is -0.508. The minimum atomic E-state index is -2.99. The van der Waals surface area contributed by atoms with Crippen molar-refractivity contribution in [1.29, 1.82) is 0 Å². The quantitative estimate of drug-likeness (QED) is 0.185. The Morgan fingerprint density at radius 1 is 0.941 bits per heavy atom. The number of rotatable bonds is 7. The zero-order valence-electron chi connectivity index (χ0n) is 26.1. The Bertz CT molecular complexity index is 2190. The van der Waals surface area contributed by atoms with E-state index >= 15 is 0 Å². The van der Waals surface area contributed by atoms with Gasteiger partial charge in [0.05, 0.1) is 40.8 Å².